The molecular weight excluding hydrogens is 284 g/mol. The van der Waals surface area contributed by atoms with Crippen LogP contribution in [0.1, 0.15) is 31.9 Å². The topological polar surface area (TPSA) is 49.4 Å². The molecule has 1 aromatic carbocycles. The van der Waals surface area contributed by atoms with Crippen molar-refractivity contribution in [1.82, 2.24) is 10.2 Å². The lowest BCUT2D eigenvalue weighted by atomic mass is 10.1. The van der Waals surface area contributed by atoms with Gasteiger partial charge in [0.1, 0.15) is 9.84 Å². The summed E-state index contributed by atoms with van der Waals surface area (Å²) >= 11 is 0. The van der Waals surface area contributed by atoms with Crippen LogP contribution in [-0.4, -0.2) is 44.5 Å². The van der Waals surface area contributed by atoms with Crippen molar-refractivity contribution in [2.24, 2.45) is 0 Å². The Kier molecular flexibility index (Phi) is 7.35. The van der Waals surface area contributed by atoms with E-state index in [2.05, 4.69) is 42.3 Å². The highest BCUT2D eigenvalue weighted by Crippen LogP contribution is 2.12. The first-order valence-electron chi connectivity index (χ1n) is 7.56. The molecular formula is C16H28N2O2S. The monoisotopic (exact) mass is 312 g/mol. The van der Waals surface area contributed by atoms with E-state index in [0.29, 0.717) is 6.54 Å². The second-order valence-electron chi connectivity index (χ2n) is 5.60. The summed E-state index contributed by atoms with van der Waals surface area (Å²) in [4.78, 5) is 2.37. The second-order valence-corrected chi connectivity index (χ2v) is 7.79. The fourth-order valence-electron chi connectivity index (χ4n) is 2.37. The average Bonchev–Trinajstić information content (AvgIpc) is 2.41. The maximum Gasteiger partial charge on any atom is 0.148 e. The van der Waals surface area contributed by atoms with Crippen LogP contribution in [0.15, 0.2) is 24.3 Å². The molecule has 0 aliphatic heterocycles. The molecule has 5 heteroatoms. The van der Waals surface area contributed by atoms with Gasteiger partial charge < -0.3 is 5.32 Å². The highest BCUT2D eigenvalue weighted by molar-refractivity contribution is 7.90. The normalized spacial score (nSPS) is 13.6. The van der Waals surface area contributed by atoms with Crippen molar-refractivity contribution in [3.8, 4) is 0 Å². The largest absolute Gasteiger partial charge is 0.309 e. The summed E-state index contributed by atoms with van der Waals surface area (Å²) in [6.45, 7) is 9.94. The van der Waals surface area contributed by atoms with Gasteiger partial charge in [-0.1, -0.05) is 38.1 Å². The highest BCUT2D eigenvalue weighted by atomic mass is 32.2. The summed E-state index contributed by atoms with van der Waals surface area (Å²) in [5.74, 6) is 0.172. The Balaban J connectivity index is 2.66. The van der Waals surface area contributed by atoms with Gasteiger partial charge in [-0.3, -0.25) is 4.90 Å². The van der Waals surface area contributed by atoms with Crippen LogP contribution in [-0.2, 0) is 22.9 Å². The van der Waals surface area contributed by atoms with Gasteiger partial charge in [-0.2, -0.15) is 0 Å². The first-order valence-corrected chi connectivity index (χ1v) is 9.62. The molecule has 1 unspecified atom stereocenters. The number of nitrogens with zero attached hydrogens (tertiary/aromatic N) is 1. The van der Waals surface area contributed by atoms with Crippen LogP contribution in [0, 0.1) is 0 Å². The molecule has 1 N–H and O–H groups in total. The molecule has 0 fully saturated rings. The number of nitrogens with one attached hydrogen (secondary N) is 1. The predicted molar refractivity (Wildman–Crippen MR) is 89.1 cm³/mol. The minimum atomic E-state index is -2.94. The summed E-state index contributed by atoms with van der Waals surface area (Å²) in [5, 5.41) is 3.31. The third kappa shape index (κ3) is 7.07. The van der Waals surface area contributed by atoms with Gasteiger partial charge in [-0.25, -0.2) is 8.42 Å². The molecule has 120 valence electrons. The number of benzene rings is 1. The van der Waals surface area contributed by atoms with Gasteiger partial charge >= 0.3 is 0 Å². The van der Waals surface area contributed by atoms with Gasteiger partial charge in [0.25, 0.3) is 0 Å². The third-order valence-electron chi connectivity index (χ3n) is 3.60. The zero-order chi connectivity index (χ0) is 15.9. The third-order valence-corrected chi connectivity index (χ3v) is 4.71. The summed E-state index contributed by atoms with van der Waals surface area (Å²) in [7, 11) is -2.94. The lowest BCUT2D eigenvalue weighted by molar-refractivity contribution is 0.294. The van der Waals surface area contributed by atoms with Crippen molar-refractivity contribution >= 4 is 9.84 Å². The molecule has 0 saturated carbocycles. The minimum absolute atomic E-state index is 0.0403. The molecule has 0 bridgehead atoms. The Labute approximate surface area is 129 Å². The molecule has 4 nitrogen and oxygen atoms in total. The fourth-order valence-corrected chi connectivity index (χ4v) is 3.40. The molecule has 0 aromatic heterocycles. The van der Waals surface area contributed by atoms with Crippen LogP contribution < -0.4 is 5.32 Å². The molecule has 21 heavy (non-hydrogen) atoms. The summed E-state index contributed by atoms with van der Waals surface area (Å²) in [5.41, 5.74) is 2.55. The first-order chi connectivity index (χ1) is 9.85. The number of hydrogen-bond donors (Lipinski definition) is 1. The van der Waals surface area contributed by atoms with Gasteiger partial charge in [0.15, 0.2) is 0 Å². The van der Waals surface area contributed by atoms with Crippen molar-refractivity contribution in [2.75, 3.05) is 25.1 Å². The van der Waals surface area contributed by atoms with Crippen molar-refractivity contribution in [3.63, 3.8) is 0 Å². The van der Waals surface area contributed by atoms with E-state index in [1.807, 2.05) is 13.0 Å². The van der Waals surface area contributed by atoms with Crippen molar-refractivity contribution in [3.05, 3.63) is 35.4 Å². The number of hydrogen-bond acceptors (Lipinski definition) is 4. The lowest BCUT2D eigenvalue weighted by Crippen LogP contribution is -2.32. The van der Waals surface area contributed by atoms with Crippen molar-refractivity contribution in [1.29, 1.82) is 0 Å². The fraction of sp³-hybridized carbons (Fsp3) is 0.625. The molecule has 0 radical (unpaired) electrons. The van der Waals surface area contributed by atoms with E-state index in [1.165, 1.54) is 17.4 Å². The van der Waals surface area contributed by atoms with Gasteiger partial charge in [-0.05, 0) is 31.1 Å². The van der Waals surface area contributed by atoms with Crippen LogP contribution in [0.5, 0.6) is 0 Å². The zero-order valence-electron chi connectivity index (χ0n) is 13.6. The maximum atomic E-state index is 11.3. The molecule has 0 aliphatic carbocycles. The van der Waals surface area contributed by atoms with Crippen molar-refractivity contribution < 1.29 is 8.42 Å². The molecule has 1 atom stereocenters. The van der Waals surface area contributed by atoms with Crippen LogP contribution in [0.4, 0.5) is 0 Å². The average molecular weight is 312 g/mol. The van der Waals surface area contributed by atoms with Gasteiger partial charge in [-0.15, -0.1) is 0 Å². The summed E-state index contributed by atoms with van der Waals surface area (Å²) in [6.07, 6.45) is 1.28. The van der Waals surface area contributed by atoms with Crippen LogP contribution >= 0.6 is 0 Å². The summed E-state index contributed by atoms with van der Waals surface area (Å²) < 4.78 is 22.6. The van der Waals surface area contributed by atoms with Gasteiger partial charge in [0.05, 0.1) is 5.75 Å². The Hall–Kier alpha value is -0.910. The van der Waals surface area contributed by atoms with E-state index in [0.717, 1.165) is 19.6 Å². The number of sulfone groups is 1. The van der Waals surface area contributed by atoms with Gasteiger partial charge in [0, 0.05) is 25.4 Å². The zero-order valence-corrected chi connectivity index (χ0v) is 14.4. The predicted octanol–water partition coefficient (Wildman–Crippen LogP) is 2.05. The molecule has 1 aromatic rings. The molecule has 0 aliphatic rings. The van der Waals surface area contributed by atoms with Crippen LogP contribution in [0.25, 0.3) is 0 Å². The van der Waals surface area contributed by atoms with E-state index in [4.69, 9.17) is 0 Å². The second kappa shape index (κ2) is 8.51. The Bertz CT molecular complexity index is 525. The smallest absolute Gasteiger partial charge is 0.148 e. The quantitative estimate of drug-likeness (QED) is 0.758. The molecule has 0 heterocycles. The maximum absolute atomic E-state index is 11.3. The van der Waals surface area contributed by atoms with Crippen LogP contribution in [0.3, 0.4) is 0 Å². The molecule has 1 rings (SSSR count). The lowest BCUT2D eigenvalue weighted by Gasteiger charge is -2.21. The van der Waals surface area contributed by atoms with E-state index in [1.54, 1.807) is 0 Å². The summed E-state index contributed by atoms with van der Waals surface area (Å²) in [6, 6.07) is 8.31. The Morgan fingerprint density at radius 3 is 2.24 bits per heavy atom. The van der Waals surface area contributed by atoms with E-state index in [9.17, 15) is 8.42 Å². The van der Waals surface area contributed by atoms with Crippen LogP contribution in [0.2, 0.25) is 0 Å². The van der Waals surface area contributed by atoms with E-state index in [-0.39, 0.29) is 11.8 Å². The van der Waals surface area contributed by atoms with Crippen molar-refractivity contribution in [2.45, 2.75) is 39.9 Å². The molecule has 0 spiro atoms. The SMILES string of the molecule is CCN(CC)Cc1ccccc1CNC(C)CS(C)(=O)=O. The number of rotatable bonds is 9. The molecule has 0 amide bonds. The highest BCUT2D eigenvalue weighted by Gasteiger charge is 2.11. The first kappa shape index (κ1) is 18.1. The Morgan fingerprint density at radius 2 is 1.71 bits per heavy atom. The molecule has 0 saturated heterocycles. The standard InChI is InChI=1S/C16H28N2O2S/c1-5-18(6-2)12-16-10-8-7-9-15(16)11-17-14(3)13-21(4,19)20/h7-10,14,17H,5-6,11-13H2,1-4H3. The van der Waals surface area contributed by atoms with E-state index < -0.39 is 9.84 Å². The van der Waals surface area contributed by atoms with Gasteiger partial charge in [0.2, 0.25) is 0 Å². The minimum Gasteiger partial charge on any atom is -0.309 e. The van der Waals surface area contributed by atoms with E-state index >= 15 is 0 Å². The Morgan fingerprint density at radius 1 is 1.14 bits per heavy atom.